The Hall–Kier alpha value is -3.14. The number of fused-ring (bicyclic) bond motifs is 1. The minimum atomic E-state index is -0.0854. The minimum absolute atomic E-state index is 0.0235. The van der Waals surface area contributed by atoms with E-state index in [4.69, 9.17) is 0 Å². The molecule has 3 aromatic rings. The number of hydrogen-bond acceptors (Lipinski definition) is 2. The number of benzene rings is 3. The fourth-order valence-electron chi connectivity index (χ4n) is 4.57. The summed E-state index contributed by atoms with van der Waals surface area (Å²) in [6, 6.07) is 22.7. The van der Waals surface area contributed by atoms with Crippen molar-refractivity contribution in [3.05, 3.63) is 83.4 Å². The van der Waals surface area contributed by atoms with E-state index in [1.54, 1.807) is 0 Å². The Kier molecular flexibility index (Phi) is 8.86. The standard InChI is InChI=1S/C30H38N2O2/c1-5-22-13-15-23(16-14-22)24(19-20-31-21-33)17-18-28(30(2,3)4)32-29(34)27-12-8-10-25-9-6-7-11-26(25)27/h6-16,21,24,28H,5,17-20H2,1-4H3,(H,31,33)(H,32,34). The molecule has 2 unspecified atom stereocenters. The SMILES string of the molecule is CCc1ccc(C(CCNC=O)CCC(NC(=O)c2cccc3ccccc23)C(C)(C)C)cc1. The van der Waals surface area contributed by atoms with Crippen LogP contribution in [0.2, 0.25) is 0 Å². The second-order valence-electron chi connectivity index (χ2n) is 10.1. The molecule has 0 bridgehead atoms. The van der Waals surface area contributed by atoms with Crippen LogP contribution in [0.1, 0.15) is 74.4 Å². The van der Waals surface area contributed by atoms with E-state index < -0.39 is 0 Å². The molecule has 0 saturated carbocycles. The first-order valence-corrected chi connectivity index (χ1v) is 12.4. The molecule has 0 aliphatic rings. The fourth-order valence-corrected chi connectivity index (χ4v) is 4.57. The van der Waals surface area contributed by atoms with Crippen molar-refractivity contribution in [2.75, 3.05) is 6.54 Å². The van der Waals surface area contributed by atoms with Gasteiger partial charge in [0.15, 0.2) is 0 Å². The van der Waals surface area contributed by atoms with Gasteiger partial charge in [-0.05, 0) is 65.0 Å². The number of hydrogen-bond donors (Lipinski definition) is 2. The highest BCUT2D eigenvalue weighted by Gasteiger charge is 2.28. The second kappa shape index (κ2) is 11.8. The molecule has 0 aliphatic carbocycles. The molecule has 0 aromatic heterocycles. The van der Waals surface area contributed by atoms with Crippen molar-refractivity contribution < 1.29 is 9.59 Å². The zero-order chi connectivity index (χ0) is 24.6. The molecule has 2 N–H and O–H groups in total. The predicted octanol–water partition coefficient (Wildman–Crippen LogP) is 6.25. The average molecular weight is 459 g/mol. The van der Waals surface area contributed by atoms with E-state index in [1.807, 2.05) is 42.5 Å². The van der Waals surface area contributed by atoms with Gasteiger partial charge in [-0.25, -0.2) is 0 Å². The monoisotopic (exact) mass is 458 g/mol. The van der Waals surface area contributed by atoms with Gasteiger partial charge in [0.2, 0.25) is 6.41 Å². The lowest BCUT2D eigenvalue weighted by molar-refractivity contribution is -0.109. The van der Waals surface area contributed by atoms with Gasteiger partial charge in [-0.1, -0.05) is 88.4 Å². The third kappa shape index (κ3) is 6.69. The average Bonchev–Trinajstić information content (AvgIpc) is 2.84. The molecule has 2 amide bonds. The van der Waals surface area contributed by atoms with Crippen molar-refractivity contribution in [3.8, 4) is 0 Å². The summed E-state index contributed by atoms with van der Waals surface area (Å²) in [5.41, 5.74) is 3.24. The summed E-state index contributed by atoms with van der Waals surface area (Å²) in [6.45, 7) is 9.35. The summed E-state index contributed by atoms with van der Waals surface area (Å²) in [6.07, 6.45) is 4.45. The van der Waals surface area contributed by atoms with Gasteiger partial charge in [-0.3, -0.25) is 9.59 Å². The van der Waals surface area contributed by atoms with Crippen LogP contribution in [0.3, 0.4) is 0 Å². The molecule has 34 heavy (non-hydrogen) atoms. The maximum absolute atomic E-state index is 13.4. The van der Waals surface area contributed by atoms with E-state index >= 15 is 0 Å². The van der Waals surface area contributed by atoms with Crippen LogP contribution in [0.5, 0.6) is 0 Å². The van der Waals surface area contributed by atoms with Gasteiger partial charge < -0.3 is 10.6 Å². The fraction of sp³-hybridized carbons (Fsp3) is 0.400. The van der Waals surface area contributed by atoms with Gasteiger partial charge in [0, 0.05) is 18.2 Å². The summed E-state index contributed by atoms with van der Waals surface area (Å²) in [7, 11) is 0. The maximum Gasteiger partial charge on any atom is 0.252 e. The molecule has 0 fully saturated rings. The Bertz CT molecular complexity index is 1080. The molecule has 3 aromatic carbocycles. The molecule has 0 heterocycles. The topological polar surface area (TPSA) is 58.2 Å². The Balaban J connectivity index is 1.76. The Morgan fingerprint density at radius 2 is 1.62 bits per heavy atom. The largest absolute Gasteiger partial charge is 0.359 e. The van der Waals surface area contributed by atoms with Crippen LogP contribution < -0.4 is 10.6 Å². The van der Waals surface area contributed by atoms with Crippen LogP contribution in [0.15, 0.2) is 66.7 Å². The number of amides is 2. The lowest BCUT2D eigenvalue weighted by Gasteiger charge is -2.33. The highest BCUT2D eigenvalue weighted by atomic mass is 16.1. The Morgan fingerprint density at radius 1 is 0.912 bits per heavy atom. The first-order valence-electron chi connectivity index (χ1n) is 12.4. The number of carbonyl (C=O) groups excluding carboxylic acids is 2. The highest BCUT2D eigenvalue weighted by Crippen LogP contribution is 2.31. The summed E-state index contributed by atoms with van der Waals surface area (Å²) in [4.78, 5) is 24.1. The molecule has 180 valence electrons. The van der Waals surface area contributed by atoms with E-state index in [1.165, 1.54) is 11.1 Å². The molecule has 4 heteroatoms. The first-order chi connectivity index (χ1) is 16.3. The van der Waals surface area contributed by atoms with Gasteiger partial charge in [0.1, 0.15) is 0 Å². The molecule has 4 nitrogen and oxygen atoms in total. The van der Waals surface area contributed by atoms with Crippen molar-refractivity contribution >= 4 is 23.1 Å². The van der Waals surface area contributed by atoms with E-state index in [2.05, 4.69) is 62.6 Å². The smallest absolute Gasteiger partial charge is 0.252 e. The quantitative estimate of drug-likeness (QED) is 0.264. The van der Waals surface area contributed by atoms with Crippen molar-refractivity contribution in [2.45, 2.75) is 65.3 Å². The zero-order valence-corrected chi connectivity index (χ0v) is 20.9. The van der Waals surface area contributed by atoms with Gasteiger partial charge in [0.05, 0.1) is 0 Å². The molecule has 3 rings (SSSR count). The van der Waals surface area contributed by atoms with Crippen LogP contribution in [0, 0.1) is 5.41 Å². The van der Waals surface area contributed by atoms with Crippen LogP contribution >= 0.6 is 0 Å². The summed E-state index contributed by atoms with van der Waals surface area (Å²) in [5, 5.41) is 8.20. The number of aryl methyl sites for hydroxylation is 1. The molecule has 0 saturated heterocycles. The van der Waals surface area contributed by atoms with Gasteiger partial charge in [0.25, 0.3) is 5.91 Å². The van der Waals surface area contributed by atoms with Crippen LogP contribution in [0.25, 0.3) is 10.8 Å². The molecule has 0 aliphatic heterocycles. The first kappa shape index (κ1) is 25.5. The van der Waals surface area contributed by atoms with Gasteiger partial charge in [-0.15, -0.1) is 0 Å². The molecular weight excluding hydrogens is 420 g/mol. The van der Waals surface area contributed by atoms with Crippen molar-refractivity contribution in [3.63, 3.8) is 0 Å². The number of nitrogens with one attached hydrogen (secondary N) is 2. The molecule has 0 radical (unpaired) electrons. The van der Waals surface area contributed by atoms with Crippen LogP contribution in [0.4, 0.5) is 0 Å². The summed E-state index contributed by atoms with van der Waals surface area (Å²) >= 11 is 0. The molecule has 0 spiro atoms. The van der Waals surface area contributed by atoms with E-state index in [0.29, 0.717) is 18.0 Å². The zero-order valence-electron chi connectivity index (χ0n) is 20.9. The number of carbonyl (C=O) groups is 2. The molecular formula is C30H38N2O2. The van der Waals surface area contributed by atoms with Crippen molar-refractivity contribution in [1.82, 2.24) is 10.6 Å². The van der Waals surface area contributed by atoms with Gasteiger partial charge in [-0.2, -0.15) is 0 Å². The Labute approximate surface area is 204 Å². The number of rotatable bonds is 11. The molecule has 2 atom stereocenters. The van der Waals surface area contributed by atoms with Crippen LogP contribution in [-0.4, -0.2) is 24.9 Å². The third-order valence-corrected chi connectivity index (χ3v) is 6.77. The highest BCUT2D eigenvalue weighted by molar-refractivity contribution is 6.07. The van der Waals surface area contributed by atoms with Crippen molar-refractivity contribution in [1.29, 1.82) is 0 Å². The van der Waals surface area contributed by atoms with E-state index in [9.17, 15) is 9.59 Å². The van der Waals surface area contributed by atoms with E-state index in [-0.39, 0.29) is 17.4 Å². The Morgan fingerprint density at radius 3 is 2.29 bits per heavy atom. The van der Waals surface area contributed by atoms with Crippen molar-refractivity contribution in [2.24, 2.45) is 5.41 Å². The minimum Gasteiger partial charge on any atom is -0.359 e. The summed E-state index contributed by atoms with van der Waals surface area (Å²) < 4.78 is 0. The summed E-state index contributed by atoms with van der Waals surface area (Å²) in [5.74, 6) is 0.292. The van der Waals surface area contributed by atoms with Gasteiger partial charge >= 0.3 is 0 Å². The lowest BCUT2D eigenvalue weighted by Crippen LogP contribution is -2.44. The van der Waals surface area contributed by atoms with E-state index in [0.717, 1.165) is 42.9 Å². The third-order valence-electron chi connectivity index (χ3n) is 6.77. The lowest BCUT2D eigenvalue weighted by atomic mass is 9.80. The normalized spacial score (nSPS) is 13.3. The second-order valence-corrected chi connectivity index (χ2v) is 10.1. The maximum atomic E-state index is 13.4. The predicted molar refractivity (Wildman–Crippen MR) is 141 cm³/mol. The van der Waals surface area contributed by atoms with Crippen LogP contribution in [-0.2, 0) is 11.2 Å².